The Labute approximate surface area is 103 Å². The highest BCUT2D eigenvalue weighted by Gasteiger charge is 2.16. The van der Waals surface area contributed by atoms with Crippen LogP contribution in [0.3, 0.4) is 0 Å². The largest absolute Gasteiger partial charge is 0.494 e. The molecular weight excluding hydrogens is 238 g/mol. The molecule has 0 radical (unpaired) electrons. The summed E-state index contributed by atoms with van der Waals surface area (Å²) in [6, 6.07) is 5.60. The molecule has 1 rings (SSSR count). The first-order valence-corrected chi connectivity index (χ1v) is 5.02. The minimum atomic E-state index is -0.815. The number of methoxy groups -OCH3 is 1. The SMILES string of the molecule is COc1cc([N+](=O)[O-])ccc1NC(=O)C(C)C#N. The molecule has 18 heavy (non-hydrogen) atoms. The number of nitrogens with zero attached hydrogens (tertiary/aromatic N) is 2. The first-order chi connectivity index (χ1) is 8.49. The summed E-state index contributed by atoms with van der Waals surface area (Å²) in [7, 11) is 1.34. The van der Waals surface area contributed by atoms with Crippen LogP contribution in [0, 0.1) is 27.4 Å². The van der Waals surface area contributed by atoms with Gasteiger partial charge in [-0.3, -0.25) is 14.9 Å². The van der Waals surface area contributed by atoms with Crippen LogP contribution in [0.1, 0.15) is 6.92 Å². The normalized spacial score (nSPS) is 11.2. The molecule has 0 aliphatic rings. The molecule has 7 nitrogen and oxygen atoms in total. The number of nitrogens with one attached hydrogen (secondary N) is 1. The van der Waals surface area contributed by atoms with E-state index in [0.29, 0.717) is 0 Å². The minimum absolute atomic E-state index is 0.141. The summed E-state index contributed by atoms with van der Waals surface area (Å²) in [6.07, 6.45) is 0. The van der Waals surface area contributed by atoms with Crippen LogP contribution in [0.15, 0.2) is 18.2 Å². The second-order valence-electron chi connectivity index (χ2n) is 3.48. The number of nitro groups is 1. The van der Waals surface area contributed by atoms with E-state index < -0.39 is 16.7 Å². The van der Waals surface area contributed by atoms with E-state index in [2.05, 4.69) is 5.32 Å². The van der Waals surface area contributed by atoms with Crippen LogP contribution in [0.2, 0.25) is 0 Å². The van der Waals surface area contributed by atoms with Crippen LogP contribution in [0.4, 0.5) is 11.4 Å². The van der Waals surface area contributed by atoms with E-state index in [-0.39, 0.29) is 17.1 Å². The maximum absolute atomic E-state index is 11.5. The van der Waals surface area contributed by atoms with Gasteiger partial charge in [0.15, 0.2) is 0 Å². The van der Waals surface area contributed by atoms with Crippen molar-refractivity contribution in [1.29, 1.82) is 5.26 Å². The standard InChI is InChI=1S/C11H11N3O4/c1-7(6-12)11(15)13-9-4-3-8(14(16)17)5-10(9)18-2/h3-5,7H,1-2H3,(H,13,15). The summed E-state index contributed by atoms with van der Waals surface area (Å²) in [5.41, 5.74) is 0.147. The van der Waals surface area contributed by atoms with E-state index in [0.717, 1.165) is 0 Å². The average molecular weight is 249 g/mol. The van der Waals surface area contributed by atoms with E-state index in [1.54, 1.807) is 6.07 Å². The summed E-state index contributed by atoms with van der Waals surface area (Å²) in [5, 5.41) is 21.6. The van der Waals surface area contributed by atoms with Crippen molar-refractivity contribution >= 4 is 17.3 Å². The maximum Gasteiger partial charge on any atom is 0.273 e. The Morgan fingerprint density at radius 3 is 2.78 bits per heavy atom. The molecule has 94 valence electrons. The van der Waals surface area contributed by atoms with Crippen molar-refractivity contribution in [2.75, 3.05) is 12.4 Å². The topological polar surface area (TPSA) is 105 Å². The Hall–Kier alpha value is -2.62. The van der Waals surface area contributed by atoms with Gasteiger partial charge >= 0.3 is 0 Å². The lowest BCUT2D eigenvalue weighted by atomic mass is 10.2. The number of anilines is 1. The highest BCUT2D eigenvalue weighted by molar-refractivity contribution is 5.95. The van der Waals surface area contributed by atoms with E-state index in [9.17, 15) is 14.9 Å². The van der Waals surface area contributed by atoms with Gasteiger partial charge in [0.05, 0.1) is 29.9 Å². The lowest BCUT2D eigenvalue weighted by Crippen LogP contribution is -2.19. The lowest BCUT2D eigenvalue weighted by molar-refractivity contribution is -0.384. The molecule has 1 amide bonds. The maximum atomic E-state index is 11.5. The Morgan fingerprint density at radius 1 is 1.61 bits per heavy atom. The Balaban J connectivity index is 3.00. The molecule has 0 heterocycles. The molecule has 0 aliphatic carbocycles. The molecule has 0 saturated heterocycles. The van der Waals surface area contributed by atoms with Crippen molar-refractivity contribution in [2.24, 2.45) is 5.92 Å². The molecule has 1 N–H and O–H groups in total. The number of hydrogen-bond donors (Lipinski definition) is 1. The molecular formula is C11H11N3O4. The van der Waals surface area contributed by atoms with Crippen molar-refractivity contribution in [2.45, 2.75) is 6.92 Å². The molecule has 0 aromatic heterocycles. The molecule has 0 spiro atoms. The predicted molar refractivity (Wildman–Crippen MR) is 63.1 cm³/mol. The van der Waals surface area contributed by atoms with Crippen LogP contribution in [0.5, 0.6) is 5.75 Å². The van der Waals surface area contributed by atoms with Gasteiger partial charge in [-0.1, -0.05) is 0 Å². The third kappa shape index (κ3) is 2.95. The smallest absolute Gasteiger partial charge is 0.273 e. The molecule has 0 saturated carbocycles. The van der Waals surface area contributed by atoms with Crippen molar-refractivity contribution in [3.63, 3.8) is 0 Å². The Morgan fingerprint density at radius 2 is 2.28 bits per heavy atom. The van der Waals surface area contributed by atoms with E-state index in [1.165, 1.54) is 32.2 Å². The fraction of sp³-hybridized carbons (Fsp3) is 0.273. The van der Waals surface area contributed by atoms with Gasteiger partial charge in [-0.05, 0) is 13.0 Å². The van der Waals surface area contributed by atoms with Crippen molar-refractivity contribution in [3.8, 4) is 11.8 Å². The van der Waals surface area contributed by atoms with Gasteiger partial charge < -0.3 is 10.1 Å². The molecule has 1 atom stereocenters. The number of carbonyl (C=O) groups excluding carboxylic acids is 1. The van der Waals surface area contributed by atoms with Crippen LogP contribution in [-0.4, -0.2) is 17.9 Å². The van der Waals surface area contributed by atoms with Gasteiger partial charge in [0.25, 0.3) is 5.69 Å². The average Bonchev–Trinajstić information content (AvgIpc) is 2.37. The van der Waals surface area contributed by atoms with Crippen molar-refractivity contribution < 1.29 is 14.5 Å². The van der Waals surface area contributed by atoms with Gasteiger partial charge in [0.2, 0.25) is 5.91 Å². The summed E-state index contributed by atoms with van der Waals surface area (Å²) in [5.74, 6) is -1.14. The van der Waals surface area contributed by atoms with Gasteiger partial charge in [-0.25, -0.2) is 0 Å². The zero-order chi connectivity index (χ0) is 13.7. The van der Waals surface area contributed by atoms with E-state index in [4.69, 9.17) is 10.00 Å². The summed E-state index contributed by atoms with van der Waals surface area (Å²) in [6.45, 7) is 1.45. The third-order valence-electron chi connectivity index (χ3n) is 2.24. The van der Waals surface area contributed by atoms with Crippen LogP contribution < -0.4 is 10.1 Å². The molecule has 7 heteroatoms. The van der Waals surface area contributed by atoms with Crippen LogP contribution >= 0.6 is 0 Å². The number of carbonyl (C=O) groups is 1. The lowest BCUT2D eigenvalue weighted by Gasteiger charge is -2.10. The number of non-ortho nitro benzene ring substituents is 1. The highest BCUT2D eigenvalue weighted by Crippen LogP contribution is 2.29. The summed E-state index contributed by atoms with van der Waals surface area (Å²) < 4.78 is 4.95. The second-order valence-corrected chi connectivity index (χ2v) is 3.48. The number of rotatable bonds is 4. The van der Waals surface area contributed by atoms with Crippen molar-refractivity contribution in [1.82, 2.24) is 0 Å². The zero-order valence-corrected chi connectivity index (χ0v) is 9.84. The number of nitro benzene ring substituents is 1. The quantitative estimate of drug-likeness (QED) is 0.645. The summed E-state index contributed by atoms with van der Waals surface area (Å²) >= 11 is 0. The van der Waals surface area contributed by atoms with Crippen LogP contribution in [0.25, 0.3) is 0 Å². The van der Waals surface area contributed by atoms with E-state index >= 15 is 0 Å². The monoisotopic (exact) mass is 249 g/mol. The third-order valence-corrected chi connectivity index (χ3v) is 2.24. The van der Waals surface area contributed by atoms with Crippen molar-refractivity contribution in [3.05, 3.63) is 28.3 Å². The number of benzene rings is 1. The predicted octanol–water partition coefficient (Wildman–Crippen LogP) is 1.70. The number of ether oxygens (including phenoxy) is 1. The number of nitriles is 1. The molecule has 1 aromatic carbocycles. The van der Waals surface area contributed by atoms with Gasteiger partial charge in [0.1, 0.15) is 11.7 Å². The van der Waals surface area contributed by atoms with Gasteiger partial charge in [-0.15, -0.1) is 0 Å². The second kappa shape index (κ2) is 5.63. The molecule has 0 aliphatic heterocycles. The van der Waals surface area contributed by atoms with E-state index in [1.807, 2.05) is 0 Å². The fourth-order valence-corrected chi connectivity index (χ4v) is 1.20. The van der Waals surface area contributed by atoms with Gasteiger partial charge in [-0.2, -0.15) is 5.26 Å². The van der Waals surface area contributed by atoms with Gasteiger partial charge in [0, 0.05) is 6.07 Å². The van der Waals surface area contributed by atoms with Crippen LogP contribution in [-0.2, 0) is 4.79 Å². The number of amides is 1. The Kier molecular flexibility index (Phi) is 4.21. The molecule has 1 aromatic rings. The first-order valence-electron chi connectivity index (χ1n) is 5.02. The molecule has 0 fully saturated rings. The highest BCUT2D eigenvalue weighted by atomic mass is 16.6. The Bertz CT molecular complexity index is 522. The fourth-order valence-electron chi connectivity index (χ4n) is 1.20. The minimum Gasteiger partial charge on any atom is -0.494 e. The molecule has 1 unspecified atom stereocenters. The zero-order valence-electron chi connectivity index (χ0n) is 9.84. The first kappa shape index (κ1) is 13.4. The summed E-state index contributed by atoms with van der Waals surface area (Å²) in [4.78, 5) is 21.5. The number of hydrogen-bond acceptors (Lipinski definition) is 5. The molecule has 0 bridgehead atoms.